The molecule has 110 valence electrons. The van der Waals surface area contributed by atoms with Crippen molar-refractivity contribution in [2.45, 2.75) is 18.2 Å². The highest BCUT2D eigenvalue weighted by molar-refractivity contribution is 7.99. The zero-order valence-corrected chi connectivity index (χ0v) is 12.7. The van der Waals surface area contributed by atoms with Crippen molar-refractivity contribution in [3.8, 4) is 0 Å². The van der Waals surface area contributed by atoms with Gasteiger partial charge in [0.05, 0.1) is 11.4 Å². The van der Waals surface area contributed by atoms with Crippen LogP contribution in [0.4, 0.5) is 21.9 Å². The quantitative estimate of drug-likeness (QED) is 0.566. The minimum Gasteiger partial charge on any atom is -0.397 e. The summed E-state index contributed by atoms with van der Waals surface area (Å²) in [5.41, 5.74) is 7.83. The number of nitrogens with two attached hydrogens (primary N) is 1. The third kappa shape index (κ3) is 4.72. The van der Waals surface area contributed by atoms with Gasteiger partial charge in [0, 0.05) is 10.6 Å². The number of hydrogen-bond acceptors (Lipinski definition) is 3. The van der Waals surface area contributed by atoms with E-state index in [0.29, 0.717) is 11.4 Å². The molecule has 2 rings (SSSR count). The Morgan fingerprint density at radius 2 is 1.90 bits per heavy atom. The summed E-state index contributed by atoms with van der Waals surface area (Å²) in [6.45, 7) is 2.14. The lowest BCUT2D eigenvalue weighted by Gasteiger charge is -2.11. The van der Waals surface area contributed by atoms with Gasteiger partial charge in [-0.15, -0.1) is 11.8 Å². The van der Waals surface area contributed by atoms with Gasteiger partial charge in [-0.05, 0) is 42.5 Å². The first-order valence-corrected chi connectivity index (χ1v) is 7.83. The minimum absolute atomic E-state index is 0.300. The summed E-state index contributed by atoms with van der Waals surface area (Å²) < 4.78 is 0. The van der Waals surface area contributed by atoms with E-state index >= 15 is 0 Å². The first-order chi connectivity index (χ1) is 10.2. The number of nitrogen functional groups attached to an aromatic ring is 1. The van der Waals surface area contributed by atoms with E-state index in [0.717, 1.165) is 22.8 Å². The first kappa shape index (κ1) is 15.3. The molecule has 0 fully saturated rings. The van der Waals surface area contributed by atoms with Gasteiger partial charge in [-0.3, -0.25) is 0 Å². The molecule has 0 radical (unpaired) electrons. The van der Waals surface area contributed by atoms with Gasteiger partial charge in [0.2, 0.25) is 0 Å². The van der Waals surface area contributed by atoms with Gasteiger partial charge >= 0.3 is 6.03 Å². The van der Waals surface area contributed by atoms with Crippen molar-refractivity contribution in [1.82, 2.24) is 0 Å². The van der Waals surface area contributed by atoms with Gasteiger partial charge in [-0.2, -0.15) is 0 Å². The molecule has 0 saturated carbocycles. The van der Waals surface area contributed by atoms with E-state index in [4.69, 9.17) is 5.73 Å². The second-order valence-corrected chi connectivity index (χ2v) is 5.71. The predicted octanol–water partition coefficient (Wildman–Crippen LogP) is 4.41. The third-order valence-electron chi connectivity index (χ3n) is 2.78. The van der Waals surface area contributed by atoms with E-state index in [-0.39, 0.29) is 6.03 Å². The van der Waals surface area contributed by atoms with Crippen LogP contribution >= 0.6 is 11.8 Å². The molecular weight excluding hydrogens is 282 g/mol. The van der Waals surface area contributed by atoms with Crippen LogP contribution in [-0.4, -0.2) is 11.8 Å². The standard InChI is InChI=1S/C16H19N3OS/c1-2-10-21-13-8-9-14(17)15(11-13)19-16(20)18-12-6-4-3-5-7-12/h3-9,11H,2,10,17H2,1H3,(H2,18,19,20). The Balaban J connectivity index is 2.02. The Hall–Kier alpha value is -2.14. The van der Waals surface area contributed by atoms with Crippen LogP contribution in [0.25, 0.3) is 0 Å². The zero-order chi connectivity index (χ0) is 15.1. The van der Waals surface area contributed by atoms with E-state index in [1.807, 2.05) is 48.5 Å². The van der Waals surface area contributed by atoms with Crippen LogP contribution in [0.5, 0.6) is 0 Å². The van der Waals surface area contributed by atoms with E-state index in [2.05, 4.69) is 17.6 Å². The molecule has 0 heterocycles. The second kappa shape index (κ2) is 7.59. The normalized spacial score (nSPS) is 10.1. The van der Waals surface area contributed by atoms with Crippen LogP contribution < -0.4 is 16.4 Å². The Kier molecular flexibility index (Phi) is 5.51. The molecular formula is C16H19N3OS. The Bertz CT molecular complexity index is 602. The number of carbonyl (C=O) groups excluding carboxylic acids is 1. The van der Waals surface area contributed by atoms with Crippen LogP contribution in [0.2, 0.25) is 0 Å². The Labute approximate surface area is 129 Å². The second-order valence-electron chi connectivity index (χ2n) is 4.54. The Morgan fingerprint density at radius 1 is 1.14 bits per heavy atom. The number of para-hydroxylation sites is 1. The van der Waals surface area contributed by atoms with Crippen molar-refractivity contribution in [3.63, 3.8) is 0 Å². The number of amides is 2. The average Bonchev–Trinajstić information content (AvgIpc) is 2.49. The molecule has 4 nitrogen and oxygen atoms in total. The molecule has 0 aliphatic heterocycles. The van der Waals surface area contributed by atoms with Crippen LogP contribution in [0.3, 0.4) is 0 Å². The molecule has 0 aromatic heterocycles. The number of benzene rings is 2. The van der Waals surface area contributed by atoms with Gasteiger partial charge in [0.15, 0.2) is 0 Å². The van der Waals surface area contributed by atoms with Crippen LogP contribution in [0, 0.1) is 0 Å². The van der Waals surface area contributed by atoms with Crippen LogP contribution in [0.1, 0.15) is 13.3 Å². The number of nitrogens with one attached hydrogen (secondary N) is 2. The summed E-state index contributed by atoms with van der Waals surface area (Å²) in [5, 5.41) is 5.55. The van der Waals surface area contributed by atoms with E-state index in [1.54, 1.807) is 11.8 Å². The first-order valence-electron chi connectivity index (χ1n) is 6.84. The lowest BCUT2D eigenvalue weighted by Crippen LogP contribution is -2.20. The zero-order valence-electron chi connectivity index (χ0n) is 11.9. The number of carbonyl (C=O) groups is 1. The van der Waals surface area contributed by atoms with Gasteiger partial charge in [-0.1, -0.05) is 25.1 Å². The van der Waals surface area contributed by atoms with E-state index in [1.165, 1.54) is 0 Å². The van der Waals surface area contributed by atoms with Crippen molar-refractivity contribution in [2.75, 3.05) is 22.1 Å². The van der Waals surface area contributed by atoms with Crippen molar-refractivity contribution in [3.05, 3.63) is 48.5 Å². The predicted molar refractivity (Wildman–Crippen MR) is 91.0 cm³/mol. The molecule has 0 aliphatic rings. The molecule has 0 bridgehead atoms. The number of urea groups is 1. The van der Waals surface area contributed by atoms with Crippen LogP contribution in [0.15, 0.2) is 53.4 Å². The fraction of sp³-hybridized carbons (Fsp3) is 0.188. The maximum atomic E-state index is 12.0. The molecule has 0 atom stereocenters. The van der Waals surface area contributed by atoms with E-state index in [9.17, 15) is 4.79 Å². The molecule has 5 heteroatoms. The number of hydrogen-bond donors (Lipinski definition) is 3. The summed E-state index contributed by atoms with van der Waals surface area (Å²) >= 11 is 1.75. The SMILES string of the molecule is CCCSc1ccc(N)c(NC(=O)Nc2ccccc2)c1. The highest BCUT2D eigenvalue weighted by Gasteiger charge is 2.06. The fourth-order valence-electron chi connectivity index (χ4n) is 1.76. The van der Waals surface area contributed by atoms with Crippen molar-refractivity contribution >= 4 is 34.9 Å². The van der Waals surface area contributed by atoms with Crippen molar-refractivity contribution < 1.29 is 4.79 Å². The molecule has 2 aromatic carbocycles. The van der Waals surface area contributed by atoms with Gasteiger partial charge in [0.1, 0.15) is 0 Å². The summed E-state index contributed by atoms with van der Waals surface area (Å²) in [6.07, 6.45) is 1.10. The lowest BCUT2D eigenvalue weighted by atomic mass is 10.2. The van der Waals surface area contributed by atoms with Crippen LogP contribution in [-0.2, 0) is 0 Å². The summed E-state index contributed by atoms with van der Waals surface area (Å²) in [7, 11) is 0. The summed E-state index contributed by atoms with van der Waals surface area (Å²) in [6, 6.07) is 14.7. The monoisotopic (exact) mass is 301 g/mol. The third-order valence-corrected chi connectivity index (χ3v) is 3.98. The molecule has 21 heavy (non-hydrogen) atoms. The van der Waals surface area contributed by atoms with Gasteiger partial charge in [-0.25, -0.2) is 4.79 Å². The smallest absolute Gasteiger partial charge is 0.323 e. The maximum Gasteiger partial charge on any atom is 0.323 e. The minimum atomic E-state index is -0.300. The van der Waals surface area contributed by atoms with Crippen molar-refractivity contribution in [2.24, 2.45) is 0 Å². The van der Waals surface area contributed by atoms with Crippen molar-refractivity contribution in [1.29, 1.82) is 0 Å². The maximum absolute atomic E-state index is 12.0. The fourth-order valence-corrected chi connectivity index (χ4v) is 2.56. The topological polar surface area (TPSA) is 67.1 Å². The molecule has 4 N–H and O–H groups in total. The average molecular weight is 301 g/mol. The summed E-state index contributed by atoms with van der Waals surface area (Å²) in [5.74, 6) is 1.04. The lowest BCUT2D eigenvalue weighted by molar-refractivity contribution is 0.262. The number of rotatable bonds is 5. The molecule has 2 aromatic rings. The van der Waals surface area contributed by atoms with E-state index < -0.39 is 0 Å². The molecule has 0 spiro atoms. The van der Waals surface area contributed by atoms with Gasteiger partial charge < -0.3 is 16.4 Å². The number of thioether (sulfide) groups is 1. The molecule has 0 unspecified atom stereocenters. The molecule has 0 aliphatic carbocycles. The summed E-state index contributed by atoms with van der Waals surface area (Å²) in [4.78, 5) is 13.1. The molecule has 2 amide bonds. The Morgan fingerprint density at radius 3 is 2.62 bits per heavy atom. The van der Waals surface area contributed by atoms with Gasteiger partial charge in [0.25, 0.3) is 0 Å². The largest absolute Gasteiger partial charge is 0.397 e. The molecule has 0 saturated heterocycles. The highest BCUT2D eigenvalue weighted by Crippen LogP contribution is 2.27. The highest BCUT2D eigenvalue weighted by atomic mass is 32.2. The number of anilines is 3.